The molecule has 4 nitrogen and oxygen atoms in total. The second-order valence-electron chi connectivity index (χ2n) is 3.74. The van der Waals surface area contributed by atoms with Gasteiger partial charge in [-0.05, 0) is 19.9 Å². The molecule has 0 amide bonds. The molecule has 13 heavy (non-hydrogen) atoms. The van der Waals surface area contributed by atoms with E-state index < -0.39 is 0 Å². The zero-order chi connectivity index (χ0) is 9.68. The van der Waals surface area contributed by atoms with Crippen LogP contribution in [0.3, 0.4) is 0 Å². The Morgan fingerprint density at radius 1 is 1.46 bits per heavy atom. The van der Waals surface area contributed by atoms with Crippen molar-refractivity contribution in [1.29, 1.82) is 0 Å². The van der Waals surface area contributed by atoms with Gasteiger partial charge in [-0.3, -0.25) is 5.84 Å². The molecule has 78 valence electrons. The largest absolute Gasteiger partial charge is 0.383 e. The van der Waals surface area contributed by atoms with Gasteiger partial charge < -0.3 is 9.64 Å². The summed E-state index contributed by atoms with van der Waals surface area (Å²) < 4.78 is 5.05. The van der Waals surface area contributed by atoms with Gasteiger partial charge in [0.15, 0.2) is 0 Å². The Kier molecular flexibility index (Phi) is 4.66. The van der Waals surface area contributed by atoms with Gasteiger partial charge in [-0.1, -0.05) is 0 Å². The number of hydrogen-bond donors (Lipinski definition) is 1. The third kappa shape index (κ3) is 3.60. The monoisotopic (exact) mass is 187 g/mol. The fraction of sp³-hybridized carbons (Fsp3) is 1.00. The molecule has 0 aromatic rings. The maximum Gasteiger partial charge on any atom is 0.0589 e. The highest BCUT2D eigenvalue weighted by atomic mass is 16.5. The van der Waals surface area contributed by atoms with Crippen LogP contribution in [-0.2, 0) is 4.74 Å². The Labute approximate surface area is 80.6 Å². The molecule has 1 saturated heterocycles. The number of piperidine rings is 1. The number of hydrazine groups is 1. The van der Waals surface area contributed by atoms with Gasteiger partial charge in [-0.15, -0.1) is 0 Å². The van der Waals surface area contributed by atoms with Gasteiger partial charge in [-0.2, -0.15) is 0 Å². The lowest BCUT2D eigenvalue weighted by molar-refractivity contribution is 0.0972. The van der Waals surface area contributed by atoms with Gasteiger partial charge in [0, 0.05) is 32.8 Å². The van der Waals surface area contributed by atoms with E-state index in [-0.39, 0.29) is 0 Å². The van der Waals surface area contributed by atoms with Crippen LogP contribution in [0.25, 0.3) is 0 Å². The Hall–Kier alpha value is -0.160. The number of likely N-dealkylation sites (N-methyl/N-ethyl adjacent to an activating group) is 1. The summed E-state index contributed by atoms with van der Waals surface area (Å²) in [6.45, 7) is 3.87. The van der Waals surface area contributed by atoms with Crippen LogP contribution in [0, 0.1) is 0 Å². The first-order valence-corrected chi connectivity index (χ1v) is 4.93. The van der Waals surface area contributed by atoms with E-state index in [1.807, 2.05) is 5.01 Å². The predicted molar refractivity (Wildman–Crippen MR) is 53.3 cm³/mol. The summed E-state index contributed by atoms with van der Waals surface area (Å²) in [5, 5.41) is 1.90. The summed E-state index contributed by atoms with van der Waals surface area (Å²) >= 11 is 0. The number of hydrogen-bond acceptors (Lipinski definition) is 4. The topological polar surface area (TPSA) is 41.7 Å². The second kappa shape index (κ2) is 5.54. The van der Waals surface area contributed by atoms with Gasteiger partial charge in [0.2, 0.25) is 0 Å². The summed E-state index contributed by atoms with van der Waals surface area (Å²) in [6, 6.07) is 0.690. The minimum absolute atomic E-state index is 0.690. The van der Waals surface area contributed by atoms with Crippen LogP contribution in [0.5, 0.6) is 0 Å². The lowest BCUT2D eigenvalue weighted by atomic mass is 10.1. The van der Waals surface area contributed by atoms with Crippen molar-refractivity contribution in [2.45, 2.75) is 18.9 Å². The SMILES string of the molecule is COCCN(C)C1CCN(N)CC1. The fourth-order valence-corrected chi connectivity index (χ4v) is 1.74. The Morgan fingerprint density at radius 3 is 2.62 bits per heavy atom. The third-order valence-corrected chi connectivity index (χ3v) is 2.77. The van der Waals surface area contributed by atoms with Crippen LogP contribution >= 0.6 is 0 Å². The quantitative estimate of drug-likeness (QED) is 0.624. The fourth-order valence-electron chi connectivity index (χ4n) is 1.74. The van der Waals surface area contributed by atoms with Crippen LogP contribution in [-0.4, -0.2) is 56.3 Å². The van der Waals surface area contributed by atoms with Crippen molar-refractivity contribution >= 4 is 0 Å². The normalized spacial score (nSPS) is 21.2. The molecule has 0 radical (unpaired) electrons. The van der Waals surface area contributed by atoms with Gasteiger partial charge in [0.25, 0.3) is 0 Å². The van der Waals surface area contributed by atoms with E-state index in [4.69, 9.17) is 10.6 Å². The van der Waals surface area contributed by atoms with Crippen molar-refractivity contribution in [3.05, 3.63) is 0 Å². The van der Waals surface area contributed by atoms with Gasteiger partial charge in [-0.25, -0.2) is 5.01 Å². The molecule has 0 saturated carbocycles. The van der Waals surface area contributed by atoms with Gasteiger partial charge >= 0.3 is 0 Å². The van der Waals surface area contributed by atoms with Crippen LogP contribution in [0.4, 0.5) is 0 Å². The van der Waals surface area contributed by atoms with Gasteiger partial charge in [0.1, 0.15) is 0 Å². The maximum atomic E-state index is 5.69. The van der Waals surface area contributed by atoms with Gasteiger partial charge in [0.05, 0.1) is 6.61 Å². The highest BCUT2D eigenvalue weighted by molar-refractivity contribution is 4.75. The molecular weight excluding hydrogens is 166 g/mol. The molecule has 0 unspecified atom stereocenters. The molecule has 0 bridgehead atoms. The van der Waals surface area contributed by atoms with Crippen molar-refractivity contribution in [1.82, 2.24) is 9.91 Å². The molecule has 1 fully saturated rings. The smallest absolute Gasteiger partial charge is 0.0589 e. The summed E-state index contributed by atoms with van der Waals surface area (Å²) in [5.74, 6) is 5.69. The number of rotatable bonds is 4. The molecule has 0 aromatic carbocycles. The summed E-state index contributed by atoms with van der Waals surface area (Å²) in [6.07, 6.45) is 2.35. The van der Waals surface area contributed by atoms with E-state index >= 15 is 0 Å². The van der Waals surface area contributed by atoms with E-state index in [0.717, 1.165) is 26.2 Å². The average Bonchev–Trinajstić information content (AvgIpc) is 2.15. The van der Waals surface area contributed by atoms with Crippen LogP contribution in [0.15, 0.2) is 0 Å². The maximum absolute atomic E-state index is 5.69. The summed E-state index contributed by atoms with van der Waals surface area (Å²) in [4.78, 5) is 2.37. The van der Waals surface area contributed by atoms with Crippen LogP contribution < -0.4 is 5.84 Å². The van der Waals surface area contributed by atoms with Crippen molar-refractivity contribution in [2.75, 3.05) is 40.4 Å². The minimum Gasteiger partial charge on any atom is -0.383 e. The molecule has 0 spiro atoms. The lowest BCUT2D eigenvalue weighted by Crippen LogP contribution is -2.46. The highest BCUT2D eigenvalue weighted by Gasteiger charge is 2.20. The minimum atomic E-state index is 0.690. The zero-order valence-corrected chi connectivity index (χ0v) is 8.70. The van der Waals surface area contributed by atoms with Crippen molar-refractivity contribution in [3.63, 3.8) is 0 Å². The first kappa shape index (κ1) is 10.9. The number of methoxy groups -OCH3 is 1. The second-order valence-corrected chi connectivity index (χ2v) is 3.74. The number of nitrogens with two attached hydrogens (primary N) is 1. The Bertz CT molecular complexity index is 135. The van der Waals surface area contributed by atoms with E-state index in [0.29, 0.717) is 6.04 Å². The molecule has 2 N–H and O–H groups in total. The molecule has 4 heteroatoms. The molecule has 1 aliphatic rings. The van der Waals surface area contributed by atoms with E-state index in [1.165, 1.54) is 12.8 Å². The highest BCUT2D eigenvalue weighted by Crippen LogP contribution is 2.12. The molecule has 1 aliphatic heterocycles. The Morgan fingerprint density at radius 2 is 2.08 bits per heavy atom. The zero-order valence-electron chi connectivity index (χ0n) is 8.70. The Balaban J connectivity index is 2.19. The molecule has 0 aromatic heterocycles. The standard InChI is InChI=1S/C9H21N3O/c1-11(7-8-13-2)9-3-5-12(10)6-4-9/h9H,3-8,10H2,1-2H3. The number of nitrogens with zero attached hydrogens (tertiary/aromatic N) is 2. The molecular formula is C9H21N3O. The van der Waals surface area contributed by atoms with Crippen LogP contribution in [0.2, 0.25) is 0 Å². The first-order valence-electron chi connectivity index (χ1n) is 4.93. The van der Waals surface area contributed by atoms with Crippen LogP contribution in [0.1, 0.15) is 12.8 Å². The van der Waals surface area contributed by atoms with E-state index in [1.54, 1.807) is 7.11 Å². The third-order valence-electron chi connectivity index (χ3n) is 2.77. The summed E-state index contributed by atoms with van der Waals surface area (Å²) in [5.41, 5.74) is 0. The molecule has 0 aliphatic carbocycles. The van der Waals surface area contributed by atoms with E-state index in [2.05, 4.69) is 11.9 Å². The van der Waals surface area contributed by atoms with Crippen molar-refractivity contribution < 1.29 is 4.74 Å². The van der Waals surface area contributed by atoms with Crippen molar-refractivity contribution in [3.8, 4) is 0 Å². The molecule has 1 rings (SSSR count). The van der Waals surface area contributed by atoms with E-state index in [9.17, 15) is 0 Å². The predicted octanol–water partition coefficient (Wildman–Crippen LogP) is -0.0973. The molecule has 1 heterocycles. The number of ether oxygens (including phenoxy) is 1. The lowest BCUT2D eigenvalue weighted by Gasteiger charge is -2.34. The summed E-state index contributed by atoms with van der Waals surface area (Å²) in [7, 11) is 3.91. The average molecular weight is 187 g/mol. The first-order chi connectivity index (χ1) is 6.24. The van der Waals surface area contributed by atoms with Crippen molar-refractivity contribution in [2.24, 2.45) is 5.84 Å². The molecule has 0 atom stereocenters.